The van der Waals surface area contributed by atoms with E-state index in [2.05, 4.69) is 41.0 Å². The van der Waals surface area contributed by atoms with Crippen molar-refractivity contribution in [1.82, 2.24) is 4.90 Å². The molecule has 0 aliphatic carbocycles. The predicted octanol–water partition coefficient (Wildman–Crippen LogP) is 2.54. The van der Waals surface area contributed by atoms with E-state index in [1.165, 1.54) is 11.3 Å². The third-order valence-corrected chi connectivity index (χ3v) is 4.25. The standard InChI is InChI=1S/C16H24ClN3/c1-2-14-6-5-7-15(16(14)17)20-12-10-19(11-13-20)9-4-3-8-18/h3-7H,2,8-13,18H2,1H3/b4-3+. The van der Waals surface area contributed by atoms with Crippen molar-refractivity contribution in [3.63, 3.8) is 0 Å². The van der Waals surface area contributed by atoms with Crippen LogP contribution in [-0.4, -0.2) is 44.2 Å². The molecule has 1 heterocycles. The van der Waals surface area contributed by atoms with Gasteiger partial charge < -0.3 is 10.6 Å². The average Bonchev–Trinajstić information content (AvgIpc) is 2.49. The second-order valence-electron chi connectivity index (χ2n) is 5.10. The number of hydrogen-bond acceptors (Lipinski definition) is 3. The Kier molecular flexibility index (Phi) is 5.89. The Morgan fingerprint density at radius 3 is 2.60 bits per heavy atom. The summed E-state index contributed by atoms with van der Waals surface area (Å²) in [4.78, 5) is 4.84. The van der Waals surface area contributed by atoms with Gasteiger partial charge in [0.25, 0.3) is 0 Å². The van der Waals surface area contributed by atoms with Gasteiger partial charge in [0.05, 0.1) is 10.7 Å². The first-order chi connectivity index (χ1) is 9.76. The lowest BCUT2D eigenvalue weighted by Gasteiger charge is -2.36. The van der Waals surface area contributed by atoms with Gasteiger partial charge in [0.1, 0.15) is 0 Å². The summed E-state index contributed by atoms with van der Waals surface area (Å²) in [6, 6.07) is 6.35. The molecule has 0 amide bonds. The minimum atomic E-state index is 0.624. The lowest BCUT2D eigenvalue weighted by molar-refractivity contribution is 0.284. The molecule has 4 heteroatoms. The van der Waals surface area contributed by atoms with Gasteiger partial charge in [-0.25, -0.2) is 0 Å². The Morgan fingerprint density at radius 2 is 1.95 bits per heavy atom. The fourth-order valence-electron chi connectivity index (χ4n) is 2.57. The normalized spacial score (nSPS) is 17.1. The van der Waals surface area contributed by atoms with Crippen molar-refractivity contribution >= 4 is 17.3 Å². The monoisotopic (exact) mass is 293 g/mol. The van der Waals surface area contributed by atoms with Crippen LogP contribution in [0.1, 0.15) is 12.5 Å². The molecular formula is C16H24ClN3. The average molecular weight is 294 g/mol. The van der Waals surface area contributed by atoms with Crippen molar-refractivity contribution < 1.29 is 0 Å². The Balaban J connectivity index is 1.95. The minimum Gasteiger partial charge on any atom is -0.368 e. The Labute approximate surface area is 127 Å². The molecule has 0 unspecified atom stereocenters. The second-order valence-corrected chi connectivity index (χ2v) is 5.48. The number of nitrogens with zero attached hydrogens (tertiary/aromatic N) is 2. The molecular weight excluding hydrogens is 270 g/mol. The summed E-state index contributed by atoms with van der Waals surface area (Å²) in [5.41, 5.74) is 7.88. The van der Waals surface area contributed by atoms with E-state index in [9.17, 15) is 0 Å². The summed E-state index contributed by atoms with van der Waals surface area (Å²) in [6.07, 6.45) is 5.16. The summed E-state index contributed by atoms with van der Waals surface area (Å²) in [5.74, 6) is 0. The minimum absolute atomic E-state index is 0.624. The van der Waals surface area contributed by atoms with Crippen LogP contribution in [0.5, 0.6) is 0 Å². The Morgan fingerprint density at radius 1 is 1.20 bits per heavy atom. The van der Waals surface area contributed by atoms with Crippen LogP contribution in [0.25, 0.3) is 0 Å². The van der Waals surface area contributed by atoms with Crippen molar-refractivity contribution in [3.05, 3.63) is 40.9 Å². The molecule has 0 saturated carbocycles. The SMILES string of the molecule is CCc1cccc(N2CCN(C/C=C/CN)CC2)c1Cl. The fourth-order valence-corrected chi connectivity index (χ4v) is 2.95. The van der Waals surface area contributed by atoms with E-state index in [4.69, 9.17) is 17.3 Å². The number of halogens is 1. The van der Waals surface area contributed by atoms with Crippen LogP contribution in [-0.2, 0) is 6.42 Å². The van der Waals surface area contributed by atoms with Crippen LogP contribution < -0.4 is 10.6 Å². The summed E-state index contributed by atoms with van der Waals surface area (Å²) in [6.45, 7) is 7.97. The van der Waals surface area contributed by atoms with Gasteiger partial charge in [-0.15, -0.1) is 0 Å². The van der Waals surface area contributed by atoms with Gasteiger partial charge in [-0.3, -0.25) is 4.90 Å². The molecule has 3 nitrogen and oxygen atoms in total. The van der Waals surface area contributed by atoms with Gasteiger partial charge in [0.2, 0.25) is 0 Å². The van der Waals surface area contributed by atoms with Crippen LogP contribution in [0, 0.1) is 0 Å². The van der Waals surface area contributed by atoms with E-state index in [0.29, 0.717) is 6.54 Å². The smallest absolute Gasteiger partial charge is 0.0671 e. The molecule has 20 heavy (non-hydrogen) atoms. The lowest BCUT2D eigenvalue weighted by atomic mass is 10.1. The molecule has 2 N–H and O–H groups in total. The maximum atomic E-state index is 6.50. The van der Waals surface area contributed by atoms with Gasteiger partial charge in [0, 0.05) is 39.3 Å². The van der Waals surface area contributed by atoms with Crippen molar-refractivity contribution in [1.29, 1.82) is 0 Å². The van der Waals surface area contributed by atoms with Crippen molar-refractivity contribution in [2.24, 2.45) is 5.73 Å². The number of anilines is 1. The second kappa shape index (κ2) is 7.67. The number of benzene rings is 1. The van der Waals surface area contributed by atoms with Crippen LogP contribution in [0.4, 0.5) is 5.69 Å². The molecule has 0 aromatic heterocycles. The molecule has 110 valence electrons. The van der Waals surface area contributed by atoms with E-state index in [1.807, 2.05) is 6.08 Å². The summed E-state index contributed by atoms with van der Waals surface area (Å²) < 4.78 is 0. The van der Waals surface area contributed by atoms with Gasteiger partial charge in [-0.05, 0) is 18.1 Å². The molecule has 2 rings (SSSR count). The third-order valence-electron chi connectivity index (χ3n) is 3.82. The maximum Gasteiger partial charge on any atom is 0.0671 e. The zero-order chi connectivity index (χ0) is 14.4. The first-order valence-electron chi connectivity index (χ1n) is 7.36. The first-order valence-corrected chi connectivity index (χ1v) is 7.73. The zero-order valence-electron chi connectivity index (χ0n) is 12.2. The van der Waals surface area contributed by atoms with Gasteiger partial charge in [-0.1, -0.05) is 42.8 Å². The van der Waals surface area contributed by atoms with Crippen molar-refractivity contribution in [3.8, 4) is 0 Å². The molecule has 0 bridgehead atoms. The van der Waals surface area contributed by atoms with Gasteiger partial charge >= 0.3 is 0 Å². The maximum absolute atomic E-state index is 6.50. The Hall–Kier alpha value is -1.03. The Bertz CT molecular complexity index is 451. The number of nitrogens with two attached hydrogens (primary N) is 1. The van der Waals surface area contributed by atoms with Gasteiger partial charge in [-0.2, -0.15) is 0 Å². The molecule has 1 aliphatic rings. The molecule has 1 saturated heterocycles. The van der Waals surface area contributed by atoms with E-state index >= 15 is 0 Å². The molecule has 0 atom stereocenters. The largest absolute Gasteiger partial charge is 0.368 e. The molecule has 1 aromatic carbocycles. The third kappa shape index (κ3) is 3.75. The molecule has 1 aliphatic heterocycles. The molecule has 1 fully saturated rings. The highest BCUT2D eigenvalue weighted by Gasteiger charge is 2.18. The van der Waals surface area contributed by atoms with Gasteiger partial charge in [0.15, 0.2) is 0 Å². The highest BCUT2D eigenvalue weighted by atomic mass is 35.5. The highest BCUT2D eigenvalue weighted by Crippen LogP contribution is 2.30. The number of aryl methyl sites for hydroxylation is 1. The van der Waals surface area contributed by atoms with Crippen LogP contribution in [0.2, 0.25) is 5.02 Å². The summed E-state index contributed by atoms with van der Waals surface area (Å²) in [7, 11) is 0. The number of hydrogen-bond donors (Lipinski definition) is 1. The summed E-state index contributed by atoms with van der Waals surface area (Å²) in [5, 5.41) is 0.923. The van der Waals surface area contributed by atoms with Crippen LogP contribution >= 0.6 is 11.6 Å². The quantitative estimate of drug-likeness (QED) is 0.847. The lowest BCUT2D eigenvalue weighted by Crippen LogP contribution is -2.46. The van der Waals surface area contributed by atoms with Crippen molar-refractivity contribution in [2.45, 2.75) is 13.3 Å². The number of rotatable bonds is 5. The van der Waals surface area contributed by atoms with Crippen LogP contribution in [0.15, 0.2) is 30.4 Å². The summed E-state index contributed by atoms with van der Waals surface area (Å²) >= 11 is 6.50. The predicted molar refractivity (Wildman–Crippen MR) is 87.7 cm³/mol. The van der Waals surface area contributed by atoms with Crippen LogP contribution in [0.3, 0.4) is 0 Å². The fraction of sp³-hybridized carbons (Fsp3) is 0.500. The van der Waals surface area contributed by atoms with E-state index in [0.717, 1.165) is 44.2 Å². The van der Waals surface area contributed by atoms with E-state index in [-0.39, 0.29) is 0 Å². The molecule has 0 radical (unpaired) electrons. The molecule has 1 aromatic rings. The topological polar surface area (TPSA) is 32.5 Å². The van der Waals surface area contributed by atoms with E-state index in [1.54, 1.807) is 0 Å². The molecule has 0 spiro atoms. The van der Waals surface area contributed by atoms with Crippen molar-refractivity contribution in [2.75, 3.05) is 44.2 Å². The highest BCUT2D eigenvalue weighted by molar-refractivity contribution is 6.34. The zero-order valence-corrected chi connectivity index (χ0v) is 12.9. The van der Waals surface area contributed by atoms with E-state index < -0.39 is 0 Å². The number of piperazine rings is 1. The first kappa shape index (κ1) is 15.4.